The molecule has 2 aromatic rings. The minimum Gasteiger partial charge on any atom is -0.354 e. The molecule has 1 amide bonds. The van der Waals surface area contributed by atoms with Crippen LogP contribution in [-0.4, -0.2) is 40.4 Å². The van der Waals surface area contributed by atoms with Crippen LogP contribution in [0.4, 0.5) is 10.3 Å². The molecule has 4 rings (SSSR count). The molecule has 5 nitrogen and oxygen atoms in total. The van der Waals surface area contributed by atoms with Gasteiger partial charge in [-0.25, -0.2) is 14.4 Å². The van der Waals surface area contributed by atoms with Crippen molar-refractivity contribution in [1.82, 2.24) is 14.9 Å². The molecule has 2 atom stereocenters. The average molecular weight is 354 g/mol. The molecule has 136 valence electrons. The molecule has 1 saturated heterocycles. The van der Waals surface area contributed by atoms with Gasteiger partial charge in [0.2, 0.25) is 11.9 Å². The summed E-state index contributed by atoms with van der Waals surface area (Å²) >= 11 is 0. The zero-order valence-corrected chi connectivity index (χ0v) is 14.6. The Hall–Kier alpha value is -2.50. The molecule has 2 unspecified atom stereocenters. The van der Waals surface area contributed by atoms with Crippen LogP contribution >= 0.6 is 0 Å². The first-order valence-corrected chi connectivity index (χ1v) is 9.26. The third-order valence-corrected chi connectivity index (χ3v) is 5.45. The molecular weight excluding hydrogens is 331 g/mol. The van der Waals surface area contributed by atoms with Gasteiger partial charge >= 0.3 is 0 Å². The normalized spacial score (nSPS) is 22.9. The van der Waals surface area contributed by atoms with Gasteiger partial charge in [-0.05, 0) is 54.9 Å². The Labute approximate surface area is 152 Å². The highest BCUT2D eigenvalue weighted by Crippen LogP contribution is 2.48. The number of likely N-dealkylation sites (tertiary alicyclic amines) is 1. The van der Waals surface area contributed by atoms with Gasteiger partial charge in [0.25, 0.3) is 0 Å². The summed E-state index contributed by atoms with van der Waals surface area (Å²) in [5, 5.41) is 3.27. The average Bonchev–Trinajstić information content (AvgIpc) is 3.48. The fraction of sp³-hybridized carbons (Fsp3) is 0.450. The number of carbonyl (C=O) groups excluding carboxylic acids is 1. The van der Waals surface area contributed by atoms with Crippen LogP contribution in [0.15, 0.2) is 42.7 Å². The van der Waals surface area contributed by atoms with Crippen molar-refractivity contribution in [3.8, 4) is 0 Å². The van der Waals surface area contributed by atoms with Crippen molar-refractivity contribution in [3.05, 3.63) is 54.1 Å². The molecule has 1 aliphatic heterocycles. The summed E-state index contributed by atoms with van der Waals surface area (Å²) in [6.45, 7) is 2.47. The summed E-state index contributed by atoms with van der Waals surface area (Å²) in [6.07, 6.45) is 6.34. The highest BCUT2D eigenvalue weighted by molar-refractivity contribution is 5.83. The smallest absolute Gasteiger partial charge is 0.226 e. The molecule has 0 radical (unpaired) electrons. The quantitative estimate of drug-likeness (QED) is 0.897. The molecule has 2 heterocycles. The van der Waals surface area contributed by atoms with Crippen LogP contribution in [0.5, 0.6) is 0 Å². The molecule has 1 aromatic heterocycles. The minimum absolute atomic E-state index is 0.0767. The van der Waals surface area contributed by atoms with Gasteiger partial charge in [-0.15, -0.1) is 0 Å². The standard InChI is InChI=1S/C20H23FN4O/c21-16-4-2-15(3-5-16)17-12-18(17)19(26)25-10-6-14(7-11-25)13-24-20-22-8-1-9-23-20/h1-5,8-9,14,17-18H,6-7,10-13H2,(H,22,23,24). The second-order valence-electron chi connectivity index (χ2n) is 7.22. The molecule has 0 spiro atoms. The van der Waals surface area contributed by atoms with E-state index in [2.05, 4.69) is 15.3 Å². The largest absolute Gasteiger partial charge is 0.354 e. The maximum atomic E-state index is 13.0. The van der Waals surface area contributed by atoms with Crippen molar-refractivity contribution in [2.45, 2.75) is 25.2 Å². The molecule has 1 aromatic carbocycles. The zero-order chi connectivity index (χ0) is 17.9. The third-order valence-electron chi connectivity index (χ3n) is 5.45. The Morgan fingerprint density at radius 2 is 1.85 bits per heavy atom. The Kier molecular flexibility index (Phi) is 4.82. The van der Waals surface area contributed by atoms with Crippen molar-refractivity contribution in [3.63, 3.8) is 0 Å². The van der Waals surface area contributed by atoms with Crippen molar-refractivity contribution in [2.24, 2.45) is 11.8 Å². The van der Waals surface area contributed by atoms with Gasteiger partial charge < -0.3 is 10.2 Å². The van der Waals surface area contributed by atoms with Crippen LogP contribution in [0.25, 0.3) is 0 Å². The van der Waals surface area contributed by atoms with Crippen LogP contribution < -0.4 is 5.32 Å². The van der Waals surface area contributed by atoms with Crippen molar-refractivity contribution >= 4 is 11.9 Å². The second kappa shape index (κ2) is 7.40. The van der Waals surface area contributed by atoms with E-state index in [0.29, 0.717) is 11.9 Å². The minimum atomic E-state index is -0.228. The molecule has 2 fully saturated rings. The van der Waals surface area contributed by atoms with Gasteiger partial charge in [-0.2, -0.15) is 0 Å². The first-order chi connectivity index (χ1) is 12.7. The molecule has 6 heteroatoms. The van der Waals surface area contributed by atoms with Gasteiger partial charge in [0.05, 0.1) is 0 Å². The number of anilines is 1. The van der Waals surface area contributed by atoms with E-state index >= 15 is 0 Å². The van der Waals surface area contributed by atoms with Crippen LogP contribution in [0, 0.1) is 17.7 Å². The van der Waals surface area contributed by atoms with Gasteiger partial charge in [-0.1, -0.05) is 12.1 Å². The number of nitrogens with one attached hydrogen (secondary N) is 1. The molecule has 1 saturated carbocycles. The lowest BCUT2D eigenvalue weighted by Gasteiger charge is -2.32. The number of carbonyl (C=O) groups is 1. The second-order valence-corrected chi connectivity index (χ2v) is 7.22. The number of benzene rings is 1. The lowest BCUT2D eigenvalue weighted by atomic mass is 9.96. The first kappa shape index (κ1) is 16.9. The van der Waals surface area contributed by atoms with Gasteiger partial charge in [0.1, 0.15) is 5.82 Å². The maximum absolute atomic E-state index is 13.0. The highest BCUT2D eigenvalue weighted by Gasteiger charge is 2.46. The maximum Gasteiger partial charge on any atom is 0.226 e. The van der Waals surface area contributed by atoms with Gasteiger partial charge in [0, 0.05) is 37.9 Å². The van der Waals surface area contributed by atoms with Crippen LogP contribution in [0.2, 0.25) is 0 Å². The van der Waals surface area contributed by atoms with E-state index in [1.807, 2.05) is 4.90 Å². The number of hydrogen-bond acceptors (Lipinski definition) is 4. The van der Waals surface area contributed by atoms with E-state index < -0.39 is 0 Å². The number of hydrogen-bond donors (Lipinski definition) is 1. The fourth-order valence-electron chi connectivity index (χ4n) is 3.76. The predicted octanol–water partition coefficient (Wildman–Crippen LogP) is 3.07. The molecule has 0 bridgehead atoms. The van der Waals surface area contributed by atoms with E-state index in [1.54, 1.807) is 30.6 Å². The number of rotatable bonds is 5. The van der Waals surface area contributed by atoms with E-state index in [1.165, 1.54) is 12.1 Å². The Morgan fingerprint density at radius 1 is 1.15 bits per heavy atom. The number of halogens is 1. The van der Waals surface area contributed by atoms with Crippen molar-refractivity contribution < 1.29 is 9.18 Å². The Morgan fingerprint density at radius 3 is 2.54 bits per heavy atom. The van der Waals surface area contributed by atoms with Gasteiger partial charge in [0.15, 0.2) is 0 Å². The van der Waals surface area contributed by atoms with Gasteiger partial charge in [-0.3, -0.25) is 4.79 Å². The molecule has 2 aliphatic rings. The summed E-state index contributed by atoms with van der Waals surface area (Å²) < 4.78 is 13.0. The number of nitrogens with zero attached hydrogens (tertiary/aromatic N) is 3. The van der Waals surface area contributed by atoms with Crippen LogP contribution in [-0.2, 0) is 4.79 Å². The first-order valence-electron chi connectivity index (χ1n) is 9.26. The predicted molar refractivity (Wildman–Crippen MR) is 97.1 cm³/mol. The number of piperidine rings is 1. The van der Waals surface area contributed by atoms with E-state index in [9.17, 15) is 9.18 Å². The third kappa shape index (κ3) is 3.84. The molecule has 1 aliphatic carbocycles. The summed E-state index contributed by atoms with van der Waals surface area (Å²) in [6, 6.07) is 8.36. The summed E-state index contributed by atoms with van der Waals surface area (Å²) in [5.74, 6) is 1.57. The van der Waals surface area contributed by atoms with E-state index in [0.717, 1.165) is 44.5 Å². The zero-order valence-electron chi connectivity index (χ0n) is 14.6. The lowest BCUT2D eigenvalue weighted by Crippen LogP contribution is -2.40. The Bertz CT molecular complexity index is 744. The monoisotopic (exact) mass is 354 g/mol. The topological polar surface area (TPSA) is 58.1 Å². The summed E-state index contributed by atoms with van der Waals surface area (Å²) in [7, 11) is 0. The summed E-state index contributed by atoms with van der Waals surface area (Å²) in [5.41, 5.74) is 1.08. The van der Waals surface area contributed by atoms with Crippen LogP contribution in [0.1, 0.15) is 30.7 Å². The Balaban J connectivity index is 1.23. The van der Waals surface area contributed by atoms with E-state index in [-0.39, 0.29) is 23.6 Å². The van der Waals surface area contributed by atoms with E-state index in [4.69, 9.17) is 0 Å². The molecular formula is C20H23FN4O. The van der Waals surface area contributed by atoms with Crippen molar-refractivity contribution in [2.75, 3.05) is 25.0 Å². The summed E-state index contributed by atoms with van der Waals surface area (Å²) in [4.78, 5) is 23.1. The highest BCUT2D eigenvalue weighted by atomic mass is 19.1. The fourth-order valence-corrected chi connectivity index (χ4v) is 3.76. The number of amides is 1. The SMILES string of the molecule is O=C(C1CC1c1ccc(F)cc1)N1CCC(CNc2ncccn2)CC1. The van der Waals surface area contributed by atoms with Crippen LogP contribution in [0.3, 0.4) is 0 Å². The van der Waals surface area contributed by atoms with Crippen molar-refractivity contribution in [1.29, 1.82) is 0 Å². The number of aromatic nitrogens is 2. The molecule has 26 heavy (non-hydrogen) atoms. The molecule has 1 N–H and O–H groups in total. The lowest BCUT2D eigenvalue weighted by molar-refractivity contribution is -0.134.